The maximum absolute atomic E-state index is 13.5. The Labute approximate surface area is 198 Å². The minimum absolute atomic E-state index is 0.0462. The van der Waals surface area contributed by atoms with Gasteiger partial charge in [0, 0.05) is 23.7 Å². The summed E-state index contributed by atoms with van der Waals surface area (Å²) in [5.41, 5.74) is 5.36. The number of hydrogen-bond donors (Lipinski definition) is 1. The van der Waals surface area contributed by atoms with Gasteiger partial charge in [0.2, 0.25) is 5.91 Å². The van der Waals surface area contributed by atoms with Gasteiger partial charge in [0.15, 0.2) is 0 Å². The molecule has 2 aromatic carbocycles. The number of fused-ring (bicyclic) bond motifs is 1. The molecule has 1 aromatic heterocycles. The van der Waals surface area contributed by atoms with Crippen LogP contribution in [0.2, 0.25) is 0 Å². The number of ether oxygens (including phenoxy) is 1. The molecule has 0 bridgehead atoms. The molecule has 1 heterocycles. The lowest BCUT2D eigenvalue weighted by Crippen LogP contribution is -2.36. The molecule has 0 saturated heterocycles. The first kappa shape index (κ1) is 23.1. The molecule has 0 saturated carbocycles. The number of imidazole rings is 1. The molecule has 33 heavy (non-hydrogen) atoms. The van der Waals surface area contributed by atoms with Crippen molar-refractivity contribution in [2.24, 2.45) is 0 Å². The number of benzene rings is 2. The zero-order valence-electron chi connectivity index (χ0n) is 18.8. The van der Waals surface area contributed by atoms with E-state index in [1.807, 2.05) is 42.0 Å². The summed E-state index contributed by atoms with van der Waals surface area (Å²) in [6.07, 6.45) is 8.15. The average Bonchev–Trinajstić information content (AvgIpc) is 3.41. The van der Waals surface area contributed by atoms with Crippen LogP contribution in [-0.2, 0) is 17.6 Å². The number of carbonyl (C=O) groups excluding carboxylic acids is 1. The van der Waals surface area contributed by atoms with Crippen molar-refractivity contribution in [2.45, 2.75) is 38.6 Å². The molecule has 0 aliphatic heterocycles. The van der Waals surface area contributed by atoms with Crippen LogP contribution in [-0.4, -0.2) is 34.5 Å². The summed E-state index contributed by atoms with van der Waals surface area (Å²) < 4.78 is 21.0. The van der Waals surface area contributed by atoms with Gasteiger partial charge >= 0.3 is 0 Å². The Hall–Kier alpha value is -3.12. The molecule has 3 aromatic rings. The van der Waals surface area contributed by atoms with E-state index >= 15 is 0 Å². The Morgan fingerprint density at radius 3 is 2.82 bits per heavy atom. The van der Waals surface area contributed by atoms with Crippen LogP contribution in [0, 0.1) is 12.7 Å². The predicted molar refractivity (Wildman–Crippen MR) is 129 cm³/mol. The highest BCUT2D eigenvalue weighted by Crippen LogP contribution is 2.27. The maximum Gasteiger partial charge on any atom is 0.247 e. The van der Waals surface area contributed by atoms with Gasteiger partial charge in [-0.3, -0.25) is 4.79 Å². The van der Waals surface area contributed by atoms with E-state index in [9.17, 15) is 9.18 Å². The van der Waals surface area contributed by atoms with Gasteiger partial charge in [0.25, 0.3) is 0 Å². The highest BCUT2D eigenvalue weighted by Gasteiger charge is 2.24. The lowest BCUT2D eigenvalue weighted by molar-refractivity contribution is -0.118. The first-order chi connectivity index (χ1) is 16.0. The van der Waals surface area contributed by atoms with E-state index in [-0.39, 0.29) is 17.8 Å². The number of nitrogens with one attached hydrogen (secondary N) is 1. The monoisotopic (exact) mass is 467 g/mol. The van der Waals surface area contributed by atoms with Crippen molar-refractivity contribution in [3.05, 3.63) is 82.7 Å². The third-order valence-corrected chi connectivity index (χ3v) is 6.11. The quantitative estimate of drug-likeness (QED) is 0.374. The number of amides is 1. The number of carbonyl (C=O) groups is 1. The largest absolute Gasteiger partial charge is 0.495 e. The molecule has 0 radical (unpaired) electrons. The van der Waals surface area contributed by atoms with E-state index in [1.165, 1.54) is 6.07 Å². The van der Waals surface area contributed by atoms with Gasteiger partial charge in [0.1, 0.15) is 11.6 Å². The third kappa shape index (κ3) is 5.45. The number of methoxy groups -OCH3 is 1. The second-order valence-corrected chi connectivity index (χ2v) is 8.69. The zero-order chi connectivity index (χ0) is 23.4. The molecule has 1 N–H and O–H groups in total. The van der Waals surface area contributed by atoms with E-state index < -0.39 is 0 Å². The predicted octanol–water partition coefficient (Wildman–Crippen LogP) is 5.01. The second kappa shape index (κ2) is 10.2. The number of aromatic nitrogens is 2. The van der Waals surface area contributed by atoms with Crippen LogP contribution in [0.3, 0.4) is 0 Å². The minimum atomic E-state index is -0.244. The van der Waals surface area contributed by atoms with Crippen LogP contribution < -0.4 is 10.1 Å². The topological polar surface area (TPSA) is 56.1 Å². The maximum atomic E-state index is 13.5. The Balaban J connectivity index is 1.54. The molecule has 1 aliphatic rings. The minimum Gasteiger partial charge on any atom is -0.495 e. The van der Waals surface area contributed by atoms with Gasteiger partial charge in [-0.2, -0.15) is 0 Å². The first-order valence-corrected chi connectivity index (χ1v) is 11.5. The van der Waals surface area contributed by atoms with Gasteiger partial charge in [-0.15, -0.1) is 11.6 Å². The fourth-order valence-electron chi connectivity index (χ4n) is 4.23. The van der Waals surface area contributed by atoms with Crippen LogP contribution in [0.5, 0.6) is 5.75 Å². The Morgan fingerprint density at radius 1 is 1.27 bits per heavy atom. The standard InChI is InChI=1S/C26H27ClFN3O2/c1-17-15-31(16-29-17)24-8-5-18(11-25(24)33-2)10-20(4-3-9-27)26(32)30-23-13-19-6-7-22(28)12-21(19)14-23/h5-8,10-12,15-16,23H,3-4,9,13-14H2,1-2H3,(H,30,32)/b20-10+. The molecule has 1 unspecified atom stereocenters. The van der Waals surface area contributed by atoms with Crippen LogP contribution in [0.4, 0.5) is 4.39 Å². The fourth-order valence-corrected chi connectivity index (χ4v) is 4.36. The lowest BCUT2D eigenvalue weighted by atomic mass is 10.0. The van der Waals surface area contributed by atoms with Crippen LogP contribution in [0.15, 0.2) is 54.5 Å². The van der Waals surface area contributed by atoms with E-state index in [0.29, 0.717) is 42.9 Å². The summed E-state index contributed by atoms with van der Waals surface area (Å²) in [4.78, 5) is 17.4. The molecule has 1 atom stereocenters. The molecule has 4 rings (SSSR count). The van der Waals surface area contributed by atoms with Crippen LogP contribution >= 0.6 is 11.6 Å². The summed E-state index contributed by atoms with van der Waals surface area (Å²) in [7, 11) is 1.62. The smallest absolute Gasteiger partial charge is 0.247 e. The summed E-state index contributed by atoms with van der Waals surface area (Å²) in [5.74, 6) is 0.797. The highest BCUT2D eigenvalue weighted by molar-refractivity contribution is 6.17. The summed E-state index contributed by atoms with van der Waals surface area (Å²) in [6, 6.07) is 10.6. The molecule has 5 nitrogen and oxygen atoms in total. The number of halogens is 2. The van der Waals surface area contributed by atoms with Crippen molar-refractivity contribution >= 4 is 23.6 Å². The molecule has 1 aliphatic carbocycles. The first-order valence-electron chi connectivity index (χ1n) is 11.0. The van der Waals surface area contributed by atoms with Crippen LogP contribution in [0.1, 0.15) is 35.2 Å². The number of rotatable bonds is 8. The van der Waals surface area contributed by atoms with Gasteiger partial charge in [-0.25, -0.2) is 9.37 Å². The van der Waals surface area contributed by atoms with Crippen molar-refractivity contribution in [3.8, 4) is 11.4 Å². The fraction of sp³-hybridized carbons (Fsp3) is 0.308. The van der Waals surface area contributed by atoms with Gasteiger partial charge in [-0.05, 0) is 79.6 Å². The number of aryl methyl sites for hydroxylation is 1. The van der Waals surface area contributed by atoms with Crippen molar-refractivity contribution in [2.75, 3.05) is 13.0 Å². The van der Waals surface area contributed by atoms with Crippen molar-refractivity contribution in [1.29, 1.82) is 0 Å². The van der Waals surface area contributed by atoms with Crippen molar-refractivity contribution < 1.29 is 13.9 Å². The third-order valence-electron chi connectivity index (χ3n) is 5.84. The highest BCUT2D eigenvalue weighted by atomic mass is 35.5. The average molecular weight is 468 g/mol. The number of hydrogen-bond acceptors (Lipinski definition) is 3. The Morgan fingerprint density at radius 2 is 2.09 bits per heavy atom. The van der Waals surface area contributed by atoms with Gasteiger partial charge in [0.05, 0.1) is 24.8 Å². The summed E-state index contributed by atoms with van der Waals surface area (Å²) in [5, 5.41) is 3.13. The number of nitrogens with zero attached hydrogens (tertiary/aromatic N) is 2. The van der Waals surface area contributed by atoms with Gasteiger partial charge in [-0.1, -0.05) is 12.1 Å². The lowest BCUT2D eigenvalue weighted by Gasteiger charge is -2.15. The normalized spacial score (nSPS) is 15.4. The molecular formula is C26H27ClFN3O2. The van der Waals surface area contributed by atoms with E-state index in [1.54, 1.807) is 25.6 Å². The summed E-state index contributed by atoms with van der Waals surface area (Å²) >= 11 is 5.91. The molecule has 7 heteroatoms. The van der Waals surface area contributed by atoms with E-state index in [2.05, 4.69) is 10.3 Å². The van der Waals surface area contributed by atoms with Crippen LogP contribution in [0.25, 0.3) is 11.8 Å². The summed E-state index contributed by atoms with van der Waals surface area (Å²) in [6.45, 7) is 1.93. The van der Waals surface area contributed by atoms with Crippen molar-refractivity contribution in [3.63, 3.8) is 0 Å². The molecule has 1 amide bonds. The Bertz CT molecular complexity index is 1190. The van der Waals surface area contributed by atoms with E-state index in [0.717, 1.165) is 28.1 Å². The zero-order valence-corrected chi connectivity index (χ0v) is 19.5. The molecule has 172 valence electrons. The second-order valence-electron chi connectivity index (χ2n) is 8.31. The van der Waals surface area contributed by atoms with Gasteiger partial charge < -0.3 is 14.6 Å². The SMILES string of the molecule is COc1cc(/C=C(\CCCCl)C(=O)NC2Cc3ccc(F)cc3C2)ccc1-n1cnc(C)c1. The number of alkyl halides is 1. The molecule has 0 spiro atoms. The Kier molecular flexibility index (Phi) is 7.14. The van der Waals surface area contributed by atoms with E-state index in [4.69, 9.17) is 16.3 Å². The molecular weight excluding hydrogens is 441 g/mol. The molecule has 0 fully saturated rings. The van der Waals surface area contributed by atoms with Crippen molar-refractivity contribution in [1.82, 2.24) is 14.9 Å².